The first kappa shape index (κ1) is 28.4. The zero-order chi connectivity index (χ0) is 28.6. The molecule has 3 aromatic carbocycles. The van der Waals surface area contributed by atoms with Gasteiger partial charge in [0.05, 0.1) is 31.7 Å². The van der Waals surface area contributed by atoms with Gasteiger partial charge in [-0.3, -0.25) is 14.6 Å². The summed E-state index contributed by atoms with van der Waals surface area (Å²) in [5.41, 5.74) is 7.15. The number of benzene rings is 3. The fourth-order valence-electron chi connectivity index (χ4n) is 5.43. The lowest BCUT2D eigenvalue weighted by Gasteiger charge is -2.33. The number of aliphatic hydroxyl groups excluding tert-OH is 1. The van der Waals surface area contributed by atoms with Crippen LogP contribution in [-0.4, -0.2) is 72.3 Å². The molecule has 2 aliphatic heterocycles. The van der Waals surface area contributed by atoms with Gasteiger partial charge in [0.15, 0.2) is 0 Å². The number of morpholine rings is 1. The Hall–Kier alpha value is -4.12. The van der Waals surface area contributed by atoms with Crippen molar-refractivity contribution in [3.8, 4) is 11.1 Å². The number of carbonyl (C=O) groups excluding carboxylic acids is 2. The van der Waals surface area contributed by atoms with Crippen LogP contribution in [0, 0.1) is 4.91 Å². The largest absolute Gasteiger partial charge is 0.395 e. The van der Waals surface area contributed by atoms with Gasteiger partial charge in [-0.05, 0) is 65.9 Å². The molecule has 5 rings (SSSR count). The smallest absolute Gasteiger partial charge is 0.324 e. The van der Waals surface area contributed by atoms with Crippen LogP contribution >= 0.6 is 0 Å². The zero-order valence-corrected chi connectivity index (χ0v) is 22.9. The highest BCUT2D eigenvalue weighted by Crippen LogP contribution is 2.27. The van der Waals surface area contributed by atoms with Gasteiger partial charge in [-0.15, -0.1) is 4.91 Å². The number of rotatable bonds is 9. The summed E-state index contributed by atoms with van der Waals surface area (Å²) in [6.07, 6.45) is 2.18. The number of amides is 3. The number of ether oxygens (including phenoxy) is 1. The molecule has 2 fully saturated rings. The van der Waals surface area contributed by atoms with Gasteiger partial charge in [-0.25, -0.2) is 10.2 Å². The third-order valence-corrected chi connectivity index (χ3v) is 7.78. The molecule has 3 amide bonds. The van der Waals surface area contributed by atoms with E-state index in [-0.39, 0.29) is 18.7 Å². The van der Waals surface area contributed by atoms with Crippen LogP contribution in [0.2, 0.25) is 0 Å². The maximum absolute atomic E-state index is 13.6. The van der Waals surface area contributed by atoms with Crippen LogP contribution in [0.3, 0.4) is 0 Å². The Bertz CT molecular complexity index is 1320. The zero-order valence-electron chi connectivity index (χ0n) is 22.9. The van der Waals surface area contributed by atoms with Crippen LogP contribution in [0.5, 0.6) is 0 Å². The summed E-state index contributed by atoms with van der Waals surface area (Å²) >= 11 is 0. The minimum Gasteiger partial charge on any atom is -0.395 e. The summed E-state index contributed by atoms with van der Waals surface area (Å²) < 4.78 is 5.44. The van der Waals surface area contributed by atoms with E-state index in [1.165, 1.54) is 5.56 Å². The van der Waals surface area contributed by atoms with Gasteiger partial charge in [-0.1, -0.05) is 48.5 Å². The van der Waals surface area contributed by atoms with Crippen molar-refractivity contribution in [1.82, 2.24) is 15.2 Å². The number of hydrogen-bond acceptors (Lipinski definition) is 7. The Morgan fingerprint density at radius 2 is 1.54 bits per heavy atom. The van der Waals surface area contributed by atoms with E-state index in [1.807, 2.05) is 29.7 Å². The second-order valence-corrected chi connectivity index (χ2v) is 10.4. The van der Waals surface area contributed by atoms with E-state index in [0.717, 1.165) is 48.3 Å². The first-order valence-corrected chi connectivity index (χ1v) is 14.0. The molecule has 0 bridgehead atoms. The SMILES string of the molecule is O=NNC(=O)c1ccc(CN(C(=O)N2CCOCC2)c2ccc(-c3ccc(CN4CCC[C@H]4CO)cc3)cc2)cc1. The number of aliphatic hydroxyl groups is 1. The molecular weight excluding hydrogens is 522 g/mol. The van der Waals surface area contributed by atoms with E-state index in [9.17, 15) is 19.6 Å². The third kappa shape index (κ3) is 6.97. The molecule has 0 saturated carbocycles. The molecule has 0 radical (unpaired) electrons. The molecule has 10 heteroatoms. The molecule has 3 aromatic rings. The Kier molecular flexibility index (Phi) is 9.35. The Balaban J connectivity index is 1.32. The van der Waals surface area contributed by atoms with E-state index in [1.54, 1.807) is 34.1 Å². The van der Waals surface area contributed by atoms with Crippen molar-refractivity contribution in [1.29, 1.82) is 0 Å². The number of anilines is 1. The van der Waals surface area contributed by atoms with Crippen molar-refractivity contribution in [3.63, 3.8) is 0 Å². The predicted octanol–water partition coefficient (Wildman–Crippen LogP) is 4.18. The number of nitrogens with one attached hydrogen (secondary N) is 1. The average molecular weight is 558 g/mol. The van der Waals surface area contributed by atoms with Gasteiger partial charge < -0.3 is 14.7 Å². The van der Waals surface area contributed by atoms with Crippen LogP contribution in [0.15, 0.2) is 78.1 Å². The van der Waals surface area contributed by atoms with Crippen molar-refractivity contribution < 1.29 is 19.4 Å². The Morgan fingerprint density at radius 3 is 2.17 bits per heavy atom. The molecule has 0 spiro atoms. The Morgan fingerprint density at radius 1 is 0.902 bits per heavy atom. The normalized spacial score (nSPS) is 17.3. The quantitative estimate of drug-likeness (QED) is 0.301. The van der Waals surface area contributed by atoms with Gasteiger partial charge >= 0.3 is 6.03 Å². The van der Waals surface area contributed by atoms with Crippen molar-refractivity contribution in [2.75, 3.05) is 44.4 Å². The number of nitroso groups, excluding NO2 is 1. The van der Waals surface area contributed by atoms with Crippen LogP contribution in [0.1, 0.15) is 34.3 Å². The molecule has 41 heavy (non-hydrogen) atoms. The molecule has 2 aliphatic rings. The summed E-state index contributed by atoms with van der Waals surface area (Å²) in [6, 6.07) is 23.3. The Labute approximate surface area is 239 Å². The lowest BCUT2D eigenvalue weighted by Crippen LogP contribution is -2.48. The summed E-state index contributed by atoms with van der Waals surface area (Å²) in [7, 11) is 0. The minimum atomic E-state index is -0.582. The highest BCUT2D eigenvalue weighted by molar-refractivity contribution is 5.94. The van der Waals surface area contributed by atoms with E-state index in [0.29, 0.717) is 38.4 Å². The van der Waals surface area contributed by atoms with E-state index < -0.39 is 5.91 Å². The van der Waals surface area contributed by atoms with Gasteiger partial charge in [0, 0.05) is 36.9 Å². The molecule has 0 unspecified atom stereocenters. The molecule has 0 aliphatic carbocycles. The first-order chi connectivity index (χ1) is 20.1. The lowest BCUT2D eigenvalue weighted by molar-refractivity contribution is 0.0548. The van der Waals surface area contributed by atoms with Gasteiger partial charge in [0.2, 0.25) is 0 Å². The molecule has 2 heterocycles. The predicted molar refractivity (Wildman–Crippen MR) is 156 cm³/mol. The van der Waals surface area contributed by atoms with Crippen molar-refractivity contribution in [2.24, 2.45) is 5.29 Å². The van der Waals surface area contributed by atoms with E-state index >= 15 is 0 Å². The highest BCUT2D eigenvalue weighted by Gasteiger charge is 2.25. The van der Waals surface area contributed by atoms with Crippen LogP contribution in [-0.2, 0) is 17.8 Å². The van der Waals surface area contributed by atoms with Crippen LogP contribution in [0.25, 0.3) is 11.1 Å². The summed E-state index contributed by atoms with van der Waals surface area (Å²) in [6.45, 7) is 4.42. The highest BCUT2D eigenvalue weighted by atomic mass is 16.5. The number of likely N-dealkylation sites (tertiary alicyclic amines) is 1. The minimum absolute atomic E-state index is 0.111. The molecular formula is C31H35N5O5. The molecule has 2 N–H and O–H groups in total. The number of nitrogens with zero attached hydrogens (tertiary/aromatic N) is 4. The molecule has 0 aromatic heterocycles. The number of hydrogen-bond donors (Lipinski definition) is 2. The average Bonchev–Trinajstić information content (AvgIpc) is 3.48. The third-order valence-electron chi connectivity index (χ3n) is 7.78. The molecule has 1 atom stereocenters. The molecule has 2 saturated heterocycles. The standard InChI is InChI=1S/C31H35N5O5/c37-22-29-2-1-15-35(29)20-23-3-7-25(8-4-23)26-11-13-28(14-12-26)36(31(39)34-16-18-41-19-17-34)21-24-5-9-27(10-6-24)30(38)32-33-40/h3-14,29,37H,1-2,15-22H2,(H,32,38,40)/t29-/m0/s1. The van der Waals surface area contributed by atoms with E-state index in [4.69, 9.17) is 4.74 Å². The molecule has 214 valence electrons. The monoisotopic (exact) mass is 557 g/mol. The fourth-order valence-corrected chi connectivity index (χ4v) is 5.43. The number of urea groups is 1. The van der Waals surface area contributed by atoms with Crippen LogP contribution in [0.4, 0.5) is 10.5 Å². The summed E-state index contributed by atoms with van der Waals surface area (Å²) in [5, 5.41) is 12.0. The first-order valence-electron chi connectivity index (χ1n) is 14.0. The van der Waals surface area contributed by atoms with Gasteiger partial charge in [0.1, 0.15) is 0 Å². The number of carbonyl (C=O) groups is 2. The lowest BCUT2D eigenvalue weighted by atomic mass is 10.0. The van der Waals surface area contributed by atoms with Gasteiger partial charge in [0.25, 0.3) is 5.91 Å². The topological polar surface area (TPSA) is 115 Å². The summed E-state index contributed by atoms with van der Waals surface area (Å²) in [5.74, 6) is -0.582. The van der Waals surface area contributed by atoms with Crippen molar-refractivity contribution in [2.45, 2.75) is 32.0 Å². The maximum atomic E-state index is 13.6. The fraction of sp³-hybridized carbons (Fsp3) is 0.355. The summed E-state index contributed by atoms with van der Waals surface area (Å²) in [4.78, 5) is 41.7. The molecule has 10 nitrogen and oxygen atoms in total. The maximum Gasteiger partial charge on any atom is 0.324 e. The van der Waals surface area contributed by atoms with Crippen molar-refractivity contribution >= 4 is 17.6 Å². The van der Waals surface area contributed by atoms with E-state index in [2.05, 4.69) is 34.5 Å². The second kappa shape index (κ2) is 13.5. The van der Waals surface area contributed by atoms with Crippen molar-refractivity contribution in [3.05, 3.63) is 94.4 Å². The van der Waals surface area contributed by atoms with Crippen LogP contribution < -0.4 is 10.3 Å². The second-order valence-electron chi connectivity index (χ2n) is 10.4. The van der Waals surface area contributed by atoms with Gasteiger partial charge in [-0.2, -0.15) is 0 Å².